The molecule has 0 atom stereocenters. The Hall–Kier alpha value is -4.48. The van der Waals surface area contributed by atoms with Crippen LogP contribution >= 0.6 is 11.6 Å². The van der Waals surface area contributed by atoms with Crippen molar-refractivity contribution in [2.45, 2.75) is 0 Å². The zero-order chi connectivity index (χ0) is 22.7. The second kappa shape index (κ2) is 8.71. The Morgan fingerprint density at radius 2 is 2.03 bits per heavy atom. The van der Waals surface area contributed by atoms with E-state index >= 15 is 0 Å². The van der Waals surface area contributed by atoms with Gasteiger partial charge in [-0.2, -0.15) is 5.26 Å². The maximum Gasteiger partial charge on any atom is 0.281 e. The number of anilines is 1. The molecule has 0 saturated carbocycles. The first-order chi connectivity index (χ1) is 15.5. The number of nitro groups is 1. The van der Waals surface area contributed by atoms with Gasteiger partial charge in [0.25, 0.3) is 11.6 Å². The van der Waals surface area contributed by atoms with E-state index in [0.717, 1.165) is 5.39 Å². The Balaban J connectivity index is 1.62. The molecule has 2 heterocycles. The van der Waals surface area contributed by atoms with Crippen molar-refractivity contribution in [1.82, 2.24) is 4.98 Å². The number of nitrogens with one attached hydrogen (secondary N) is 1. The van der Waals surface area contributed by atoms with Crippen LogP contribution in [-0.4, -0.2) is 15.8 Å². The summed E-state index contributed by atoms with van der Waals surface area (Å²) in [5.41, 5.74) is 1.03. The third-order valence-electron chi connectivity index (χ3n) is 4.59. The van der Waals surface area contributed by atoms with Crippen molar-refractivity contribution in [2.24, 2.45) is 0 Å². The molecule has 0 saturated heterocycles. The van der Waals surface area contributed by atoms with Gasteiger partial charge in [-0.3, -0.25) is 19.9 Å². The molecule has 0 aliphatic carbocycles. The smallest absolute Gasteiger partial charge is 0.281 e. The van der Waals surface area contributed by atoms with Gasteiger partial charge < -0.3 is 9.73 Å². The van der Waals surface area contributed by atoms with Gasteiger partial charge in [-0.15, -0.1) is 0 Å². The summed E-state index contributed by atoms with van der Waals surface area (Å²) >= 11 is 5.85. The summed E-state index contributed by atoms with van der Waals surface area (Å²) in [6, 6.07) is 17.9. The van der Waals surface area contributed by atoms with Crippen LogP contribution in [0.25, 0.3) is 28.3 Å². The Morgan fingerprint density at radius 1 is 1.19 bits per heavy atom. The van der Waals surface area contributed by atoms with Crippen molar-refractivity contribution < 1.29 is 14.1 Å². The average Bonchev–Trinajstić information content (AvgIpc) is 3.26. The molecule has 0 spiro atoms. The number of nitro benzene ring substituents is 1. The van der Waals surface area contributed by atoms with Crippen LogP contribution in [0, 0.1) is 21.4 Å². The monoisotopic (exact) mass is 444 g/mol. The second-order valence-corrected chi connectivity index (χ2v) is 7.06. The molecule has 8 nitrogen and oxygen atoms in total. The highest BCUT2D eigenvalue weighted by Gasteiger charge is 2.19. The molecule has 0 bridgehead atoms. The van der Waals surface area contributed by atoms with Crippen LogP contribution in [0.2, 0.25) is 5.02 Å². The number of fused-ring (bicyclic) bond motifs is 1. The summed E-state index contributed by atoms with van der Waals surface area (Å²) in [4.78, 5) is 27.7. The number of pyridine rings is 1. The van der Waals surface area contributed by atoms with Crippen molar-refractivity contribution in [2.75, 3.05) is 5.32 Å². The van der Waals surface area contributed by atoms with Gasteiger partial charge in [0.1, 0.15) is 23.2 Å². The van der Waals surface area contributed by atoms with E-state index in [0.29, 0.717) is 11.2 Å². The number of benzene rings is 2. The fourth-order valence-corrected chi connectivity index (χ4v) is 3.30. The molecular formula is C23H13ClN4O4. The number of nitrogens with zero attached hydrogens (tertiary/aromatic N) is 3. The van der Waals surface area contributed by atoms with E-state index in [4.69, 9.17) is 16.0 Å². The van der Waals surface area contributed by atoms with E-state index in [-0.39, 0.29) is 33.4 Å². The maximum absolute atomic E-state index is 12.7. The van der Waals surface area contributed by atoms with Gasteiger partial charge >= 0.3 is 0 Å². The number of aromatic nitrogens is 1. The number of hydrogen-bond acceptors (Lipinski definition) is 6. The third kappa shape index (κ3) is 4.19. The van der Waals surface area contributed by atoms with E-state index in [1.807, 2.05) is 18.2 Å². The van der Waals surface area contributed by atoms with Crippen molar-refractivity contribution in [3.8, 4) is 17.4 Å². The van der Waals surface area contributed by atoms with Gasteiger partial charge in [0.15, 0.2) is 0 Å². The van der Waals surface area contributed by atoms with Gasteiger partial charge in [-0.1, -0.05) is 17.7 Å². The Morgan fingerprint density at radius 3 is 2.81 bits per heavy atom. The number of amides is 1. The lowest BCUT2D eigenvalue weighted by molar-refractivity contribution is -0.384. The molecule has 1 amide bonds. The molecular weight excluding hydrogens is 432 g/mol. The molecule has 2 aromatic carbocycles. The van der Waals surface area contributed by atoms with Crippen molar-refractivity contribution >= 4 is 45.9 Å². The van der Waals surface area contributed by atoms with E-state index in [1.165, 1.54) is 36.4 Å². The quantitative estimate of drug-likeness (QED) is 0.185. The predicted molar refractivity (Wildman–Crippen MR) is 120 cm³/mol. The van der Waals surface area contributed by atoms with Crippen LogP contribution in [0.5, 0.6) is 0 Å². The fraction of sp³-hybridized carbons (Fsp3) is 0. The summed E-state index contributed by atoms with van der Waals surface area (Å²) in [7, 11) is 0. The summed E-state index contributed by atoms with van der Waals surface area (Å²) in [5.74, 6) is -0.229. The van der Waals surface area contributed by atoms with Crippen LogP contribution in [0.4, 0.5) is 11.4 Å². The molecule has 32 heavy (non-hydrogen) atoms. The van der Waals surface area contributed by atoms with Crippen molar-refractivity contribution in [3.05, 3.63) is 93.3 Å². The van der Waals surface area contributed by atoms with Crippen LogP contribution in [0.15, 0.2) is 76.9 Å². The average molecular weight is 445 g/mol. The number of hydrogen-bond donors (Lipinski definition) is 1. The number of carbonyl (C=O) groups is 1. The zero-order valence-electron chi connectivity index (χ0n) is 16.3. The van der Waals surface area contributed by atoms with Gasteiger partial charge in [-0.25, -0.2) is 0 Å². The highest BCUT2D eigenvalue weighted by Crippen LogP contribution is 2.33. The number of carbonyl (C=O) groups excluding carboxylic acids is 1. The minimum atomic E-state index is -0.626. The largest absolute Gasteiger partial charge is 0.456 e. The first-order valence-corrected chi connectivity index (χ1v) is 9.65. The van der Waals surface area contributed by atoms with Gasteiger partial charge in [0.2, 0.25) is 0 Å². The Kier molecular flexibility index (Phi) is 5.66. The summed E-state index contributed by atoms with van der Waals surface area (Å²) in [6.45, 7) is 0. The maximum atomic E-state index is 12.7. The number of furan rings is 1. The van der Waals surface area contributed by atoms with E-state index < -0.39 is 10.8 Å². The first kappa shape index (κ1) is 20.8. The molecule has 2 aromatic heterocycles. The molecule has 4 rings (SSSR count). The second-order valence-electron chi connectivity index (χ2n) is 6.62. The van der Waals surface area contributed by atoms with Crippen molar-refractivity contribution in [3.63, 3.8) is 0 Å². The van der Waals surface area contributed by atoms with Gasteiger partial charge in [0, 0.05) is 28.7 Å². The van der Waals surface area contributed by atoms with Crippen LogP contribution in [-0.2, 0) is 4.79 Å². The van der Waals surface area contributed by atoms with Gasteiger partial charge in [0.05, 0.1) is 21.7 Å². The first-order valence-electron chi connectivity index (χ1n) is 9.27. The Labute approximate surface area is 186 Å². The molecule has 9 heteroatoms. The summed E-state index contributed by atoms with van der Waals surface area (Å²) in [5, 5.41) is 24.5. The lowest BCUT2D eigenvalue weighted by atomic mass is 10.1. The zero-order valence-corrected chi connectivity index (χ0v) is 17.0. The fourth-order valence-electron chi connectivity index (χ4n) is 3.13. The molecule has 4 aromatic rings. The third-order valence-corrected chi connectivity index (χ3v) is 4.83. The molecule has 0 aliphatic heterocycles. The highest BCUT2D eigenvalue weighted by atomic mass is 35.5. The number of halogens is 1. The lowest BCUT2D eigenvalue weighted by Gasteiger charge is -2.07. The molecule has 0 radical (unpaired) electrons. The predicted octanol–water partition coefficient (Wildman–Crippen LogP) is 5.60. The van der Waals surface area contributed by atoms with Crippen LogP contribution in [0.1, 0.15) is 5.76 Å². The van der Waals surface area contributed by atoms with Crippen LogP contribution < -0.4 is 5.32 Å². The van der Waals surface area contributed by atoms with Crippen molar-refractivity contribution in [1.29, 1.82) is 5.26 Å². The number of nitriles is 1. The molecule has 0 unspecified atom stereocenters. The molecule has 156 valence electrons. The minimum absolute atomic E-state index is 0.190. The van der Waals surface area contributed by atoms with Gasteiger partial charge in [-0.05, 0) is 48.5 Å². The van der Waals surface area contributed by atoms with E-state index in [9.17, 15) is 20.2 Å². The van der Waals surface area contributed by atoms with Crippen LogP contribution in [0.3, 0.4) is 0 Å². The molecule has 1 N–H and O–H groups in total. The molecule has 0 aliphatic rings. The lowest BCUT2D eigenvalue weighted by Crippen LogP contribution is -2.13. The minimum Gasteiger partial charge on any atom is -0.456 e. The molecule has 0 fully saturated rings. The standard InChI is InChI=1S/C23H13ClN4O4/c24-15-6-8-18(21(12-15)28(30)31)22-9-7-16(32-22)11-14(13-25)23(29)27-20-5-1-4-19-17(20)3-2-10-26-19/h1-12H,(H,27,29). The topological polar surface area (TPSA) is 122 Å². The SMILES string of the molecule is N#CC(=Cc1ccc(-c2ccc(Cl)cc2[N+](=O)[O-])o1)C(=O)Nc1cccc2ncccc12. The van der Waals surface area contributed by atoms with E-state index in [1.54, 1.807) is 24.4 Å². The summed E-state index contributed by atoms with van der Waals surface area (Å²) < 4.78 is 5.64. The van der Waals surface area contributed by atoms with E-state index in [2.05, 4.69) is 10.3 Å². The Bertz CT molecular complexity index is 1430. The summed E-state index contributed by atoms with van der Waals surface area (Å²) in [6.07, 6.45) is 2.91. The number of rotatable bonds is 5. The normalized spacial score (nSPS) is 11.2. The highest BCUT2D eigenvalue weighted by molar-refractivity contribution is 6.31.